The number of carboxylic acids is 1. The van der Waals surface area contributed by atoms with E-state index in [4.69, 9.17) is 10.8 Å². The Morgan fingerprint density at radius 1 is 1.58 bits per heavy atom. The zero-order chi connectivity index (χ0) is 9.14. The van der Waals surface area contributed by atoms with Crippen LogP contribution in [0.3, 0.4) is 0 Å². The first-order valence-corrected chi connectivity index (χ1v) is 3.77. The first-order chi connectivity index (χ1) is 5.65. The molecule has 3 N–H and O–H groups in total. The monoisotopic (exact) mass is 165 g/mol. The zero-order valence-corrected chi connectivity index (χ0v) is 6.87. The van der Waals surface area contributed by atoms with Crippen LogP contribution in [0.2, 0.25) is 0 Å². The minimum Gasteiger partial charge on any atom is -0.478 e. The summed E-state index contributed by atoms with van der Waals surface area (Å²) in [6.07, 6.45) is 0.710. The molecule has 12 heavy (non-hydrogen) atoms. The summed E-state index contributed by atoms with van der Waals surface area (Å²) in [5, 5.41) is 8.77. The summed E-state index contributed by atoms with van der Waals surface area (Å²) in [4.78, 5) is 10.7. The Labute approximate surface area is 70.8 Å². The molecule has 0 unspecified atom stereocenters. The van der Waals surface area contributed by atoms with Crippen LogP contribution in [0.5, 0.6) is 0 Å². The lowest BCUT2D eigenvalue weighted by Crippen LogP contribution is -2.02. The third-order valence-electron chi connectivity index (χ3n) is 1.75. The van der Waals surface area contributed by atoms with Crippen molar-refractivity contribution in [2.75, 3.05) is 5.73 Å². The average molecular weight is 165 g/mol. The standard InChI is InChI=1S/C9H11NO2/c1-2-6-3-4-7(10)5-8(6)9(11)12/h3-5H,2,10H2,1H3,(H,11,12). The molecular weight excluding hydrogens is 154 g/mol. The molecule has 0 bridgehead atoms. The van der Waals surface area contributed by atoms with E-state index in [1.54, 1.807) is 12.1 Å². The first kappa shape index (κ1) is 8.59. The van der Waals surface area contributed by atoms with Gasteiger partial charge in [-0.05, 0) is 24.1 Å². The van der Waals surface area contributed by atoms with Crippen LogP contribution in [0.25, 0.3) is 0 Å². The number of nitrogen functional groups attached to an aromatic ring is 1. The van der Waals surface area contributed by atoms with E-state index in [1.165, 1.54) is 6.07 Å². The lowest BCUT2D eigenvalue weighted by Gasteiger charge is -2.03. The van der Waals surface area contributed by atoms with Crippen molar-refractivity contribution in [3.05, 3.63) is 29.3 Å². The van der Waals surface area contributed by atoms with Gasteiger partial charge in [0, 0.05) is 5.69 Å². The van der Waals surface area contributed by atoms with Crippen molar-refractivity contribution < 1.29 is 9.90 Å². The zero-order valence-electron chi connectivity index (χ0n) is 6.87. The summed E-state index contributed by atoms with van der Waals surface area (Å²) in [7, 11) is 0. The third kappa shape index (κ3) is 1.56. The van der Waals surface area contributed by atoms with E-state index in [0.717, 1.165) is 5.56 Å². The Morgan fingerprint density at radius 2 is 2.25 bits per heavy atom. The molecule has 0 heterocycles. The lowest BCUT2D eigenvalue weighted by atomic mass is 10.0. The number of carbonyl (C=O) groups is 1. The summed E-state index contributed by atoms with van der Waals surface area (Å²) in [6, 6.07) is 4.95. The number of rotatable bonds is 2. The molecule has 0 atom stereocenters. The fraction of sp³-hybridized carbons (Fsp3) is 0.222. The van der Waals surface area contributed by atoms with Crippen LogP contribution in [0.1, 0.15) is 22.8 Å². The molecule has 64 valence electrons. The molecule has 0 fully saturated rings. The van der Waals surface area contributed by atoms with Crippen LogP contribution in [0.15, 0.2) is 18.2 Å². The summed E-state index contributed by atoms with van der Waals surface area (Å²) in [6.45, 7) is 1.91. The minimum atomic E-state index is -0.917. The predicted molar refractivity (Wildman–Crippen MR) is 47.2 cm³/mol. The third-order valence-corrected chi connectivity index (χ3v) is 1.75. The summed E-state index contributed by atoms with van der Waals surface area (Å²) >= 11 is 0. The highest BCUT2D eigenvalue weighted by atomic mass is 16.4. The molecule has 0 radical (unpaired) electrons. The molecule has 0 saturated carbocycles. The van der Waals surface area contributed by atoms with Crippen LogP contribution in [0, 0.1) is 0 Å². The highest BCUT2D eigenvalue weighted by Gasteiger charge is 2.07. The number of anilines is 1. The SMILES string of the molecule is CCc1ccc(N)cc1C(=O)O. The van der Waals surface area contributed by atoms with Gasteiger partial charge >= 0.3 is 5.97 Å². The van der Waals surface area contributed by atoms with Gasteiger partial charge in [0.05, 0.1) is 5.56 Å². The summed E-state index contributed by atoms with van der Waals surface area (Å²) in [5.74, 6) is -0.917. The number of carboxylic acid groups (broad SMARTS) is 1. The van der Waals surface area contributed by atoms with E-state index < -0.39 is 5.97 Å². The van der Waals surface area contributed by atoms with Crippen LogP contribution in [-0.2, 0) is 6.42 Å². The van der Waals surface area contributed by atoms with Gasteiger partial charge < -0.3 is 10.8 Å². The van der Waals surface area contributed by atoms with E-state index >= 15 is 0 Å². The largest absolute Gasteiger partial charge is 0.478 e. The van der Waals surface area contributed by atoms with Crippen LogP contribution in [0.4, 0.5) is 5.69 Å². The van der Waals surface area contributed by atoms with Gasteiger partial charge in [0.1, 0.15) is 0 Å². The summed E-state index contributed by atoms with van der Waals surface area (Å²) < 4.78 is 0. The molecule has 0 aliphatic heterocycles. The summed E-state index contributed by atoms with van der Waals surface area (Å²) in [5.41, 5.74) is 7.07. The molecule has 3 heteroatoms. The smallest absolute Gasteiger partial charge is 0.336 e. The van der Waals surface area contributed by atoms with Crippen molar-refractivity contribution in [1.82, 2.24) is 0 Å². The molecule has 0 amide bonds. The lowest BCUT2D eigenvalue weighted by molar-refractivity contribution is 0.0696. The fourth-order valence-electron chi connectivity index (χ4n) is 1.10. The van der Waals surface area contributed by atoms with Crippen LogP contribution in [-0.4, -0.2) is 11.1 Å². The van der Waals surface area contributed by atoms with E-state index in [-0.39, 0.29) is 0 Å². The van der Waals surface area contributed by atoms with Crippen LogP contribution < -0.4 is 5.73 Å². The van der Waals surface area contributed by atoms with Crippen LogP contribution >= 0.6 is 0 Å². The molecule has 0 spiro atoms. The second-order valence-corrected chi connectivity index (χ2v) is 2.58. The van der Waals surface area contributed by atoms with E-state index in [1.807, 2.05) is 6.92 Å². The Balaban J connectivity index is 3.21. The number of hydrogen-bond donors (Lipinski definition) is 2. The Hall–Kier alpha value is -1.51. The van der Waals surface area contributed by atoms with Gasteiger partial charge in [0.2, 0.25) is 0 Å². The van der Waals surface area contributed by atoms with Crippen molar-refractivity contribution >= 4 is 11.7 Å². The molecule has 0 saturated heterocycles. The molecule has 1 aromatic rings. The second kappa shape index (κ2) is 3.26. The van der Waals surface area contributed by atoms with E-state index in [9.17, 15) is 4.79 Å². The molecule has 0 aromatic heterocycles. The average Bonchev–Trinajstić information content (AvgIpc) is 2.04. The highest BCUT2D eigenvalue weighted by molar-refractivity contribution is 5.90. The van der Waals surface area contributed by atoms with E-state index in [2.05, 4.69) is 0 Å². The van der Waals surface area contributed by atoms with Gasteiger partial charge in [0.15, 0.2) is 0 Å². The van der Waals surface area contributed by atoms with Gasteiger partial charge in [0.25, 0.3) is 0 Å². The molecule has 0 aliphatic carbocycles. The molecule has 0 aliphatic rings. The molecular formula is C9H11NO2. The van der Waals surface area contributed by atoms with Crippen molar-refractivity contribution in [3.8, 4) is 0 Å². The van der Waals surface area contributed by atoms with Gasteiger partial charge in [-0.15, -0.1) is 0 Å². The van der Waals surface area contributed by atoms with Crippen molar-refractivity contribution in [3.63, 3.8) is 0 Å². The quantitative estimate of drug-likeness (QED) is 0.653. The van der Waals surface area contributed by atoms with Gasteiger partial charge in [-0.1, -0.05) is 13.0 Å². The Bertz CT molecular complexity index is 307. The second-order valence-electron chi connectivity index (χ2n) is 2.58. The van der Waals surface area contributed by atoms with Gasteiger partial charge in [-0.3, -0.25) is 0 Å². The van der Waals surface area contributed by atoms with E-state index in [0.29, 0.717) is 17.7 Å². The minimum absolute atomic E-state index is 0.303. The molecule has 3 nitrogen and oxygen atoms in total. The number of hydrogen-bond acceptors (Lipinski definition) is 2. The number of nitrogens with two attached hydrogens (primary N) is 1. The first-order valence-electron chi connectivity index (χ1n) is 3.77. The topological polar surface area (TPSA) is 63.3 Å². The maximum atomic E-state index is 10.7. The normalized spacial score (nSPS) is 9.75. The van der Waals surface area contributed by atoms with Crippen molar-refractivity contribution in [1.29, 1.82) is 0 Å². The van der Waals surface area contributed by atoms with Crippen molar-refractivity contribution in [2.45, 2.75) is 13.3 Å². The molecule has 1 aromatic carbocycles. The Morgan fingerprint density at radius 3 is 2.75 bits per heavy atom. The van der Waals surface area contributed by atoms with Crippen molar-refractivity contribution in [2.24, 2.45) is 0 Å². The Kier molecular flexibility index (Phi) is 2.33. The maximum Gasteiger partial charge on any atom is 0.336 e. The van der Waals surface area contributed by atoms with Gasteiger partial charge in [-0.2, -0.15) is 0 Å². The highest BCUT2D eigenvalue weighted by Crippen LogP contribution is 2.13. The number of aryl methyl sites for hydroxylation is 1. The number of aromatic carboxylic acids is 1. The predicted octanol–water partition coefficient (Wildman–Crippen LogP) is 1.53. The molecule has 1 rings (SSSR count). The fourth-order valence-corrected chi connectivity index (χ4v) is 1.10. The maximum absolute atomic E-state index is 10.7. The number of benzene rings is 1. The van der Waals surface area contributed by atoms with Gasteiger partial charge in [-0.25, -0.2) is 4.79 Å².